The lowest BCUT2D eigenvalue weighted by Crippen LogP contribution is -2.50. The molecular formula is C16H20N4O3S4. The number of sulfonamides is 1. The fourth-order valence-electron chi connectivity index (χ4n) is 2.27. The Bertz CT molecular complexity index is 842. The molecule has 1 aliphatic heterocycles. The Morgan fingerprint density at radius 2 is 1.89 bits per heavy atom. The first-order chi connectivity index (χ1) is 12.7. The summed E-state index contributed by atoms with van der Waals surface area (Å²) >= 11 is 12.2. The molecule has 0 bridgehead atoms. The van der Waals surface area contributed by atoms with Crippen molar-refractivity contribution in [1.82, 2.24) is 20.3 Å². The summed E-state index contributed by atoms with van der Waals surface area (Å²) < 4.78 is 24.5. The van der Waals surface area contributed by atoms with Crippen molar-refractivity contribution in [2.24, 2.45) is 5.92 Å². The molecule has 0 aromatic heterocycles. The molecule has 1 unspecified atom stereocenters. The van der Waals surface area contributed by atoms with Crippen molar-refractivity contribution >= 4 is 62.1 Å². The molecule has 0 saturated carbocycles. The van der Waals surface area contributed by atoms with Crippen LogP contribution in [0.25, 0.3) is 0 Å². The zero-order valence-corrected chi connectivity index (χ0v) is 18.1. The molecule has 7 nitrogen and oxygen atoms in total. The largest absolute Gasteiger partial charge is 0.287 e. The molecule has 1 amide bonds. The highest BCUT2D eigenvalue weighted by Gasteiger charge is 2.23. The summed E-state index contributed by atoms with van der Waals surface area (Å²) in [5.41, 5.74) is 3.18. The van der Waals surface area contributed by atoms with Crippen molar-refractivity contribution in [3.05, 3.63) is 47.4 Å². The number of carbonyl (C=O) groups excluding carboxylic acids is 1. The lowest BCUT2D eigenvalue weighted by molar-refractivity contribution is -0.121. The van der Waals surface area contributed by atoms with Gasteiger partial charge < -0.3 is 0 Å². The average Bonchev–Trinajstić information content (AvgIpc) is 3.14. The van der Waals surface area contributed by atoms with Crippen LogP contribution in [0.4, 0.5) is 0 Å². The molecule has 0 fully saturated rings. The Balaban J connectivity index is 1.89. The highest BCUT2D eigenvalue weighted by molar-refractivity contribution is 8.02. The summed E-state index contributed by atoms with van der Waals surface area (Å²) in [6.45, 7) is 0. The number of hydrazine groups is 2. The van der Waals surface area contributed by atoms with E-state index in [1.54, 1.807) is 43.1 Å². The van der Waals surface area contributed by atoms with Gasteiger partial charge in [-0.1, -0.05) is 60.8 Å². The van der Waals surface area contributed by atoms with Gasteiger partial charge in [-0.3, -0.25) is 20.2 Å². The number of amides is 1. The monoisotopic (exact) mass is 444 g/mol. The Morgan fingerprint density at radius 1 is 1.22 bits per heavy atom. The van der Waals surface area contributed by atoms with E-state index in [1.807, 2.05) is 17.6 Å². The average molecular weight is 445 g/mol. The van der Waals surface area contributed by atoms with E-state index in [-0.39, 0.29) is 5.92 Å². The van der Waals surface area contributed by atoms with Crippen molar-refractivity contribution < 1.29 is 13.2 Å². The lowest BCUT2D eigenvalue weighted by Gasteiger charge is -2.24. The topological polar surface area (TPSA) is 81.8 Å². The highest BCUT2D eigenvalue weighted by atomic mass is 32.2. The SMILES string of the molecule is CN(NS(=O)(=O)CC(=O)NN(C)C(=S)C1C=CSC1)C(=S)c1ccccc1. The second kappa shape index (κ2) is 9.60. The van der Waals surface area contributed by atoms with Gasteiger partial charge in [0.25, 0.3) is 5.91 Å². The van der Waals surface area contributed by atoms with E-state index in [1.165, 1.54) is 17.1 Å². The quantitative estimate of drug-likeness (QED) is 0.502. The van der Waals surface area contributed by atoms with Crippen molar-refractivity contribution in [1.29, 1.82) is 0 Å². The zero-order valence-electron chi connectivity index (χ0n) is 14.8. The Morgan fingerprint density at radius 3 is 2.48 bits per heavy atom. The van der Waals surface area contributed by atoms with Crippen LogP contribution in [-0.2, 0) is 14.8 Å². The van der Waals surface area contributed by atoms with Crippen molar-refractivity contribution in [2.45, 2.75) is 0 Å². The third-order valence-corrected chi connectivity index (χ3v) is 6.73. The van der Waals surface area contributed by atoms with Crippen LogP contribution in [0.1, 0.15) is 5.56 Å². The van der Waals surface area contributed by atoms with Gasteiger partial charge in [0.2, 0.25) is 10.0 Å². The lowest BCUT2D eigenvalue weighted by atomic mass is 10.2. The molecule has 2 rings (SSSR count). The minimum absolute atomic E-state index is 0.0411. The van der Waals surface area contributed by atoms with Crippen LogP contribution in [0.3, 0.4) is 0 Å². The third kappa shape index (κ3) is 6.54. The molecule has 0 aliphatic carbocycles. The first-order valence-corrected chi connectivity index (χ1v) is 11.4. The summed E-state index contributed by atoms with van der Waals surface area (Å²) in [5, 5.41) is 4.53. The Labute approximate surface area is 174 Å². The standard InChI is InChI=1S/C16H20N4O3S4/c1-19(16(25)13-8-9-26-10-13)17-14(21)11-27(22,23)18-20(2)15(24)12-6-4-3-5-7-12/h3-9,13,18H,10-11H2,1-2H3,(H,17,21). The molecule has 0 saturated heterocycles. The van der Waals surface area contributed by atoms with E-state index < -0.39 is 21.7 Å². The van der Waals surface area contributed by atoms with Crippen LogP contribution in [-0.4, -0.2) is 59.9 Å². The number of rotatable bonds is 6. The molecule has 146 valence electrons. The minimum Gasteiger partial charge on any atom is -0.287 e. The molecule has 0 radical (unpaired) electrons. The number of hydrogen-bond acceptors (Lipinski definition) is 6. The Hall–Kier alpha value is -1.53. The molecule has 1 atom stereocenters. The molecule has 2 N–H and O–H groups in total. The van der Waals surface area contributed by atoms with Crippen molar-refractivity contribution in [3.8, 4) is 0 Å². The molecule has 11 heteroatoms. The normalized spacial score (nSPS) is 16.0. The van der Waals surface area contributed by atoms with Gasteiger partial charge in [0, 0.05) is 31.3 Å². The number of nitrogens with one attached hydrogen (secondary N) is 2. The Kier molecular flexibility index (Phi) is 7.74. The summed E-state index contributed by atoms with van der Waals surface area (Å²) in [6.07, 6.45) is 1.95. The van der Waals surface area contributed by atoms with Crippen LogP contribution in [0.2, 0.25) is 0 Å². The summed E-state index contributed by atoms with van der Waals surface area (Å²) in [6, 6.07) is 8.97. The number of benzene rings is 1. The predicted molar refractivity (Wildman–Crippen MR) is 116 cm³/mol. The second-order valence-corrected chi connectivity index (χ2v) is 9.23. The maximum atomic E-state index is 12.3. The fourth-order valence-corrected chi connectivity index (χ4v) is 4.69. The summed E-state index contributed by atoms with van der Waals surface area (Å²) in [7, 11) is -0.862. The molecule has 27 heavy (non-hydrogen) atoms. The smallest absolute Gasteiger partial charge is 0.255 e. The van der Waals surface area contributed by atoms with E-state index in [0.717, 1.165) is 5.75 Å². The van der Waals surface area contributed by atoms with E-state index in [2.05, 4.69) is 10.3 Å². The van der Waals surface area contributed by atoms with E-state index >= 15 is 0 Å². The molecular weight excluding hydrogens is 424 g/mol. The number of thiocarbonyl (C=S) groups is 2. The van der Waals surface area contributed by atoms with Gasteiger partial charge in [-0.15, -0.1) is 16.6 Å². The van der Waals surface area contributed by atoms with E-state index in [9.17, 15) is 13.2 Å². The highest BCUT2D eigenvalue weighted by Crippen LogP contribution is 2.22. The van der Waals surface area contributed by atoms with Crippen LogP contribution < -0.4 is 10.3 Å². The van der Waals surface area contributed by atoms with Crippen LogP contribution in [0.15, 0.2) is 41.8 Å². The van der Waals surface area contributed by atoms with Gasteiger partial charge in [0.05, 0.1) is 0 Å². The number of thioether (sulfide) groups is 1. The summed E-state index contributed by atoms with van der Waals surface area (Å²) in [4.78, 5) is 15.2. The molecule has 0 spiro atoms. The molecule has 1 aliphatic rings. The van der Waals surface area contributed by atoms with Gasteiger partial charge in [-0.25, -0.2) is 8.42 Å². The van der Waals surface area contributed by atoms with Crippen LogP contribution >= 0.6 is 36.2 Å². The van der Waals surface area contributed by atoms with Crippen molar-refractivity contribution in [2.75, 3.05) is 25.6 Å². The zero-order chi connectivity index (χ0) is 20.0. The fraction of sp³-hybridized carbons (Fsp3) is 0.312. The van der Waals surface area contributed by atoms with Gasteiger partial charge in [0.15, 0.2) is 0 Å². The number of nitrogens with zero attached hydrogens (tertiary/aromatic N) is 2. The molecule has 1 aromatic carbocycles. The summed E-state index contributed by atoms with van der Waals surface area (Å²) in [5.74, 6) is -0.599. The number of carbonyl (C=O) groups is 1. The van der Waals surface area contributed by atoms with Gasteiger partial charge in [-0.2, -0.15) is 0 Å². The van der Waals surface area contributed by atoms with Crippen LogP contribution in [0, 0.1) is 5.92 Å². The number of hydrogen-bond donors (Lipinski definition) is 2. The molecule has 1 heterocycles. The van der Waals surface area contributed by atoms with Crippen molar-refractivity contribution in [3.63, 3.8) is 0 Å². The first kappa shape index (κ1) is 21.8. The maximum Gasteiger partial charge on any atom is 0.255 e. The van der Waals surface area contributed by atoms with Crippen LogP contribution in [0.5, 0.6) is 0 Å². The second-order valence-electron chi connectivity index (χ2n) is 5.78. The maximum absolute atomic E-state index is 12.3. The van der Waals surface area contributed by atoms with Gasteiger partial charge >= 0.3 is 0 Å². The molecule has 1 aromatic rings. The third-order valence-electron chi connectivity index (χ3n) is 3.55. The first-order valence-electron chi connectivity index (χ1n) is 7.88. The minimum atomic E-state index is -3.94. The van der Waals surface area contributed by atoms with Gasteiger partial charge in [0.1, 0.15) is 15.7 Å². The van der Waals surface area contributed by atoms with E-state index in [0.29, 0.717) is 15.5 Å². The predicted octanol–water partition coefficient (Wildman–Crippen LogP) is 1.30. The van der Waals surface area contributed by atoms with E-state index in [4.69, 9.17) is 24.4 Å². The van der Waals surface area contributed by atoms with Gasteiger partial charge in [-0.05, 0) is 5.41 Å².